The number of sulfonamides is 1. The van der Waals surface area contributed by atoms with Gasteiger partial charge in [-0.25, -0.2) is 8.42 Å². The molecule has 2 N–H and O–H groups in total. The zero-order valence-electron chi connectivity index (χ0n) is 13.4. The molecule has 0 aliphatic carbocycles. The van der Waals surface area contributed by atoms with E-state index in [9.17, 15) is 13.2 Å². The first-order valence-electron chi connectivity index (χ1n) is 7.55. The monoisotopic (exact) mass is 361 g/mol. The highest BCUT2D eigenvalue weighted by molar-refractivity contribution is 7.92. The predicted molar refractivity (Wildman–Crippen MR) is 94.8 cm³/mol. The second-order valence-corrected chi connectivity index (χ2v) is 7.39. The Morgan fingerprint density at radius 1 is 1.35 bits per heavy atom. The molecule has 0 aromatic heterocycles. The summed E-state index contributed by atoms with van der Waals surface area (Å²) in [5, 5.41) is 3.25. The van der Waals surface area contributed by atoms with Crippen LogP contribution in [0.5, 0.6) is 0 Å². The van der Waals surface area contributed by atoms with E-state index in [0.717, 1.165) is 13.1 Å². The minimum Gasteiger partial charge on any atom is -0.333 e. The van der Waals surface area contributed by atoms with Gasteiger partial charge in [0.2, 0.25) is 10.0 Å². The Morgan fingerprint density at radius 2 is 2.00 bits per heavy atom. The third-order valence-corrected chi connectivity index (χ3v) is 5.13. The van der Waals surface area contributed by atoms with Gasteiger partial charge in [-0.05, 0) is 37.6 Å². The molecule has 1 amide bonds. The van der Waals surface area contributed by atoms with Crippen molar-refractivity contribution in [1.29, 1.82) is 0 Å². The molecule has 0 bridgehead atoms. The smallest absolute Gasteiger partial charge is 0.254 e. The summed E-state index contributed by atoms with van der Waals surface area (Å²) in [6.45, 7) is 6.10. The van der Waals surface area contributed by atoms with Gasteiger partial charge in [0.05, 0.1) is 5.75 Å². The third kappa shape index (κ3) is 5.37. The Balaban J connectivity index is 0.00000264. The van der Waals surface area contributed by atoms with Gasteiger partial charge in [0.1, 0.15) is 0 Å². The average Bonchev–Trinajstić information content (AvgIpc) is 2.47. The van der Waals surface area contributed by atoms with Crippen molar-refractivity contribution in [2.45, 2.75) is 26.3 Å². The topological polar surface area (TPSA) is 78.5 Å². The van der Waals surface area contributed by atoms with Gasteiger partial charge in [-0.15, -0.1) is 12.4 Å². The highest BCUT2D eigenvalue weighted by Gasteiger charge is 2.23. The van der Waals surface area contributed by atoms with Gasteiger partial charge in [-0.2, -0.15) is 0 Å². The Kier molecular flexibility index (Phi) is 7.31. The van der Waals surface area contributed by atoms with Crippen molar-refractivity contribution >= 4 is 34.0 Å². The molecular formula is C15H24ClN3O3S. The molecule has 0 saturated carbocycles. The van der Waals surface area contributed by atoms with Crippen LogP contribution in [0.4, 0.5) is 5.69 Å². The first kappa shape index (κ1) is 19.7. The summed E-state index contributed by atoms with van der Waals surface area (Å²) in [6.07, 6.45) is 0.562. The van der Waals surface area contributed by atoms with Crippen LogP contribution in [0, 0.1) is 0 Å². The Labute approximate surface area is 144 Å². The molecule has 1 atom stereocenters. The number of amides is 1. The SMILES string of the molecule is CCCS(=O)(=O)Nc1ccc(C(=O)N2CCNC[C@@H]2C)cc1.Cl. The van der Waals surface area contributed by atoms with Crippen LogP contribution in [0.15, 0.2) is 24.3 Å². The molecule has 1 aliphatic heterocycles. The summed E-state index contributed by atoms with van der Waals surface area (Å²) in [5.74, 6) is 0.0726. The van der Waals surface area contributed by atoms with Crippen LogP contribution < -0.4 is 10.0 Å². The quantitative estimate of drug-likeness (QED) is 0.836. The highest BCUT2D eigenvalue weighted by atomic mass is 35.5. The maximum Gasteiger partial charge on any atom is 0.254 e. The molecule has 0 radical (unpaired) electrons. The summed E-state index contributed by atoms with van der Waals surface area (Å²) >= 11 is 0. The standard InChI is InChI=1S/C15H23N3O3S.ClH/c1-3-10-22(20,21)17-14-6-4-13(5-7-14)15(19)18-9-8-16-11-12(18)2;/h4-7,12,16-17H,3,8-11H2,1-2H3;1H/t12-;/m0./s1. The van der Waals surface area contributed by atoms with Crippen molar-refractivity contribution in [2.24, 2.45) is 0 Å². The molecule has 1 fully saturated rings. The molecule has 8 heteroatoms. The van der Waals surface area contributed by atoms with Crippen molar-refractivity contribution in [1.82, 2.24) is 10.2 Å². The third-order valence-electron chi connectivity index (χ3n) is 3.64. The van der Waals surface area contributed by atoms with Gasteiger partial charge in [0.25, 0.3) is 5.91 Å². The molecule has 1 heterocycles. The van der Waals surface area contributed by atoms with E-state index in [2.05, 4.69) is 10.0 Å². The van der Waals surface area contributed by atoms with Gasteiger partial charge in [0, 0.05) is 36.9 Å². The maximum atomic E-state index is 12.5. The van der Waals surface area contributed by atoms with Gasteiger partial charge in [-0.1, -0.05) is 6.92 Å². The zero-order chi connectivity index (χ0) is 16.2. The van der Waals surface area contributed by atoms with Crippen LogP contribution in [0.25, 0.3) is 0 Å². The number of carbonyl (C=O) groups excluding carboxylic acids is 1. The summed E-state index contributed by atoms with van der Waals surface area (Å²) in [7, 11) is -3.30. The van der Waals surface area contributed by atoms with Crippen molar-refractivity contribution in [3.8, 4) is 0 Å². The minimum atomic E-state index is -3.30. The number of nitrogens with one attached hydrogen (secondary N) is 2. The first-order chi connectivity index (χ1) is 10.4. The minimum absolute atomic E-state index is 0. The van der Waals surface area contributed by atoms with Crippen molar-refractivity contribution in [3.63, 3.8) is 0 Å². The Morgan fingerprint density at radius 3 is 2.57 bits per heavy atom. The van der Waals surface area contributed by atoms with E-state index >= 15 is 0 Å². The molecule has 130 valence electrons. The summed E-state index contributed by atoms with van der Waals surface area (Å²) < 4.78 is 25.9. The van der Waals surface area contributed by atoms with Gasteiger partial charge in [-0.3, -0.25) is 9.52 Å². The van der Waals surface area contributed by atoms with Gasteiger partial charge in [0.15, 0.2) is 0 Å². The summed E-state index contributed by atoms with van der Waals surface area (Å²) in [6, 6.07) is 6.76. The van der Waals surface area contributed by atoms with Crippen LogP contribution in [0.1, 0.15) is 30.6 Å². The number of hydrogen-bond acceptors (Lipinski definition) is 4. The molecule has 0 unspecified atom stereocenters. The summed E-state index contributed by atoms with van der Waals surface area (Å²) in [5.41, 5.74) is 1.06. The van der Waals surface area contributed by atoms with Crippen molar-refractivity contribution in [3.05, 3.63) is 29.8 Å². The summed E-state index contributed by atoms with van der Waals surface area (Å²) in [4.78, 5) is 14.3. The second kappa shape index (κ2) is 8.52. The molecule has 0 spiro atoms. The largest absolute Gasteiger partial charge is 0.333 e. The van der Waals surface area contributed by atoms with Crippen LogP contribution in [-0.4, -0.2) is 50.7 Å². The molecule has 1 aromatic carbocycles. The van der Waals surface area contributed by atoms with Crippen molar-refractivity contribution < 1.29 is 13.2 Å². The molecule has 1 aromatic rings. The molecule has 1 aliphatic rings. The maximum absolute atomic E-state index is 12.5. The van der Waals surface area contributed by atoms with Gasteiger partial charge >= 0.3 is 0 Å². The first-order valence-corrected chi connectivity index (χ1v) is 9.20. The normalized spacial score (nSPS) is 18.2. The number of nitrogens with zero attached hydrogens (tertiary/aromatic N) is 1. The fourth-order valence-corrected chi connectivity index (χ4v) is 3.62. The van der Waals surface area contributed by atoms with E-state index in [1.807, 2.05) is 18.7 Å². The molecular weight excluding hydrogens is 338 g/mol. The van der Waals surface area contributed by atoms with Crippen LogP contribution in [-0.2, 0) is 10.0 Å². The van der Waals surface area contributed by atoms with Crippen molar-refractivity contribution in [2.75, 3.05) is 30.1 Å². The molecule has 23 heavy (non-hydrogen) atoms. The fourth-order valence-electron chi connectivity index (χ4n) is 2.49. The Bertz CT molecular complexity index is 619. The van der Waals surface area contributed by atoms with E-state index in [-0.39, 0.29) is 30.1 Å². The van der Waals surface area contributed by atoms with E-state index in [1.54, 1.807) is 24.3 Å². The number of anilines is 1. The second-order valence-electron chi connectivity index (χ2n) is 5.55. The van der Waals surface area contributed by atoms with Crippen LogP contribution in [0.3, 0.4) is 0 Å². The fraction of sp³-hybridized carbons (Fsp3) is 0.533. The van der Waals surface area contributed by atoms with E-state index < -0.39 is 10.0 Å². The number of piperazine rings is 1. The number of benzene rings is 1. The van der Waals surface area contributed by atoms with E-state index in [4.69, 9.17) is 0 Å². The lowest BCUT2D eigenvalue weighted by Gasteiger charge is -2.34. The lowest BCUT2D eigenvalue weighted by molar-refractivity contribution is 0.0656. The highest BCUT2D eigenvalue weighted by Crippen LogP contribution is 2.15. The number of carbonyl (C=O) groups is 1. The number of rotatable bonds is 5. The lowest BCUT2D eigenvalue weighted by Crippen LogP contribution is -2.52. The molecule has 6 nitrogen and oxygen atoms in total. The molecule has 2 rings (SSSR count). The van der Waals surface area contributed by atoms with Crippen LogP contribution in [0.2, 0.25) is 0 Å². The molecule has 1 saturated heterocycles. The van der Waals surface area contributed by atoms with Crippen LogP contribution >= 0.6 is 12.4 Å². The zero-order valence-corrected chi connectivity index (χ0v) is 15.0. The number of hydrogen-bond donors (Lipinski definition) is 2. The predicted octanol–water partition coefficient (Wildman–Crippen LogP) is 1.69. The lowest BCUT2D eigenvalue weighted by atomic mass is 10.1. The number of halogens is 1. The Hall–Kier alpha value is -1.31. The van der Waals surface area contributed by atoms with E-state index in [0.29, 0.717) is 24.2 Å². The van der Waals surface area contributed by atoms with Gasteiger partial charge < -0.3 is 10.2 Å². The average molecular weight is 362 g/mol. The van der Waals surface area contributed by atoms with E-state index in [1.165, 1.54) is 0 Å².